The molecule has 6 heteroatoms. The number of carbonyl (C=O) groups is 1. The van der Waals surface area contributed by atoms with Gasteiger partial charge in [-0.3, -0.25) is 9.48 Å². The van der Waals surface area contributed by atoms with Crippen molar-refractivity contribution in [3.63, 3.8) is 0 Å². The lowest BCUT2D eigenvalue weighted by atomic mass is 10.1. The number of anilines is 1. The van der Waals surface area contributed by atoms with Crippen molar-refractivity contribution in [3.05, 3.63) is 40.1 Å². The molecule has 2 rings (SSSR count). The molecule has 0 aliphatic carbocycles. The molecule has 20 heavy (non-hydrogen) atoms. The maximum atomic E-state index is 12.7. The van der Waals surface area contributed by atoms with Gasteiger partial charge < -0.3 is 10.5 Å². The Bertz CT molecular complexity index is 637. The molecule has 0 aliphatic rings. The summed E-state index contributed by atoms with van der Waals surface area (Å²) in [5.41, 5.74) is 7.24. The van der Waals surface area contributed by atoms with E-state index in [0.29, 0.717) is 33.7 Å². The number of aryl methyl sites for hydroxylation is 1. The third-order valence-electron chi connectivity index (χ3n) is 2.91. The topological polar surface area (TPSA) is 70.1 Å². The van der Waals surface area contributed by atoms with Gasteiger partial charge in [0.1, 0.15) is 0 Å². The highest BCUT2D eigenvalue weighted by molar-refractivity contribution is 9.10. The number of rotatable bonds is 5. The monoisotopic (exact) mass is 337 g/mol. The molecule has 0 radical (unpaired) electrons. The average molecular weight is 338 g/mol. The smallest absolute Gasteiger partial charge is 0.216 e. The molecule has 2 N–H and O–H groups in total. The molecule has 5 nitrogen and oxygen atoms in total. The first-order chi connectivity index (χ1) is 9.58. The Hall–Kier alpha value is -1.82. The van der Waals surface area contributed by atoms with Crippen molar-refractivity contribution in [3.8, 4) is 5.75 Å². The van der Waals surface area contributed by atoms with Crippen molar-refractivity contribution in [1.82, 2.24) is 9.78 Å². The second-order valence-electron chi connectivity index (χ2n) is 4.35. The molecule has 1 aromatic carbocycles. The third kappa shape index (κ3) is 2.70. The summed E-state index contributed by atoms with van der Waals surface area (Å²) in [6.07, 6.45) is 2.44. The van der Waals surface area contributed by atoms with Gasteiger partial charge in [-0.25, -0.2) is 0 Å². The Kier molecular flexibility index (Phi) is 4.44. The van der Waals surface area contributed by atoms with Gasteiger partial charge in [0.25, 0.3) is 0 Å². The summed E-state index contributed by atoms with van der Waals surface area (Å²) in [5.74, 6) is 0.310. The van der Waals surface area contributed by atoms with Gasteiger partial charge >= 0.3 is 0 Å². The van der Waals surface area contributed by atoms with Gasteiger partial charge in [-0.05, 0) is 24.6 Å². The molecule has 0 amide bonds. The number of nitrogen functional groups attached to an aromatic ring is 1. The molecule has 1 aromatic heterocycles. The Labute approximate surface area is 125 Å². The van der Waals surface area contributed by atoms with E-state index < -0.39 is 0 Å². The molecule has 0 spiro atoms. The highest BCUT2D eigenvalue weighted by atomic mass is 79.9. The van der Waals surface area contributed by atoms with Crippen LogP contribution in [0.5, 0.6) is 5.75 Å². The fraction of sp³-hybridized carbons (Fsp3) is 0.286. The van der Waals surface area contributed by atoms with Crippen molar-refractivity contribution in [2.24, 2.45) is 0 Å². The predicted molar refractivity (Wildman–Crippen MR) is 81.1 cm³/mol. The maximum absolute atomic E-state index is 12.7. The van der Waals surface area contributed by atoms with Crippen LogP contribution in [0.4, 0.5) is 5.69 Å². The molecule has 106 valence electrons. The SMILES string of the molecule is CCCn1ncc(OC)c1C(=O)c1cc(N)ccc1Br. The number of benzene rings is 1. The number of nitrogens with two attached hydrogens (primary N) is 1. The fourth-order valence-electron chi connectivity index (χ4n) is 1.97. The van der Waals surface area contributed by atoms with Crippen LogP contribution in [-0.4, -0.2) is 22.7 Å². The summed E-state index contributed by atoms with van der Waals surface area (Å²) >= 11 is 3.38. The molecule has 0 aliphatic heterocycles. The minimum Gasteiger partial charge on any atom is -0.493 e. The van der Waals surface area contributed by atoms with Crippen LogP contribution in [0.1, 0.15) is 29.4 Å². The van der Waals surface area contributed by atoms with Crippen LogP contribution in [0.25, 0.3) is 0 Å². The second-order valence-corrected chi connectivity index (χ2v) is 5.21. The summed E-state index contributed by atoms with van der Waals surface area (Å²) < 4.78 is 7.60. The highest BCUT2D eigenvalue weighted by Gasteiger charge is 2.22. The first kappa shape index (κ1) is 14.6. The molecular formula is C14H16BrN3O2. The standard InChI is InChI=1S/C14H16BrN3O2/c1-3-6-18-13(12(20-2)8-17-18)14(19)10-7-9(16)4-5-11(10)15/h4-5,7-8H,3,6,16H2,1-2H3. The largest absolute Gasteiger partial charge is 0.493 e. The first-order valence-corrected chi connectivity index (χ1v) is 7.07. The normalized spacial score (nSPS) is 10.6. The molecule has 2 aromatic rings. The van der Waals surface area contributed by atoms with E-state index >= 15 is 0 Å². The molecular weight excluding hydrogens is 322 g/mol. The number of hydrogen-bond donors (Lipinski definition) is 1. The lowest BCUT2D eigenvalue weighted by Crippen LogP contribution is -2.13. The van der Waals surface area contributed by atoms with Gasteiger partial charge in [-0.15, -0.1) is 0 Å². The predicted octanol–water partition coefficient (Wildman–Crippen LogP) is 2.88. The lowest BCUT2D eigenvalue weighted by Gasteiger charge is -2.09. The number of hydrogen-bond acceptors (Lipinski definition) is 4. The number of methoxy groups -OCH3 is 1. The van der Waals surface area contributed by atoms with E-state index in [9.17, 15) is 4.79 Å². The maximum Gasteiger partial charge on any atom is 0.216 e. The number of ketones is 1. The van der Waals surface area contributed by atoms with E-state index in [-0.39, 0.29) is 5.78 Å². The zero-order valence-corrected chi connectivity index (χ0v) is 13.0. The summed E-state index contributed by atoms with van der Waals surface area (Å²) in [4.78, 5) is 12.7. The molecule has 0 fully saturated rings. The van der Waals surface area contributed by atoms with E-state index in [1.54, 1.807) is 29.1 Å². The molecule has 0 bridgehead atoms. The van der Waals surface area contributed by atoms with Crippen LogP contribution in [-0.2, 0) is 6.54 Å². The minimum absolute atomic E-state index is 0.160. The van der Waals surface area contributed by atoms with E-state index in [4.69, 9.17) is 10.5 Å². The zero-order valence-electron chi connectivity index (χ0n) is 11.4. The van der Waals surface area contributed by atoms with E-state index in [1.165, 1.54) is 7.11 Å². The molecule has 0 saturated carbocycles. The average Bonchev–Trinajstić information content (AvgIpc) is 2.84. The minimum atomic E-state index is -0.160. The van der Waals surface area contributed by atoms with E-state index in [1.807, 2.05) is 6.92 Å². The van der Waals surface area contributed by atoms with Gasteiger partial charge in [0.05, 0.1) is 13.3 Å². The number of carbonyl (C=O) groups excluding carboxylic acids is 1. The van der Waals surface area contributed by atoms with E-state index in [0.717, 1.165) is 6.42 Å². The highest BCUT2D eigenvalue weighted by Crippen LogP contribution is 2.27. The Morgan fingerprint density at radius 1 is 1.50 bits per heavy atom. The van der Waals surface area contributed by atoms with E-state index in [2.05, 4.69) is 21.0 Å². The lowest BCUT2D eigenvalue weighted by molar-refractivity contribution is 0.102. The van der Waals surface area contributed by atoms with Crippen molar-refractivity contribution in [2.45, 2.75) is 19.9 Å². The van der Waals surface area contributed by atoms with Gasteiger partial charge in [-0.1, -0.05) is 22.9 Å². The fourth-order valence-corrected chi connectivity index (χ4v) is 2.40. The second kappa shape index (κ2) is 6.09. The Balaban J connectivity index is 2.52. The summed E-state index contributed by atoms with van der Waals surface area (Å²) in [5, 5.41) is 4.20. The number of halogens is 1. The van der Waals surface area contributed by atoms with Gasteiger partial charge in [0, 0.05) is 22.3 Å². The van der Waals surface area contributed by atoms with Crippen LogP contribution in [0.15, 0.2) is 28.9 Å². The summed E-state index contributed by atoms with van der Waals surface area (Å²) in [6, 6.07) is 5.14. The summed E-state index contributed by atoms with van der Waals surface area (Å²) in [7, 11) is 1.53. The van der Waals surface area contributed by atoms with Crippen molar-refractivity contribution >= 4 is 27.4 Å². The Morgan fingerprint density at radius 3 is 2.90 bits per heavy atom. The van der Waals surface area contributed by atoms with Gasteiger partial charge in [0.2, 0.25) is 5.78 Å². The van der Waals surface area contributed by atoms with Crippen LogP contribution in [0.3, 0.4) is 0 Å². The van der Waals surface area contributed by atoms with Crippen LogP contribution in [0.2, 0.25) is 0 Å². The van der Waals surface area contributed by atoms with Crippen molar-refractivity contribution in [2.75, 3.05) is 12.8 Å². The first-order valence-electron chi connectivity index (χ1n) is 6.28. The molecule has 0 saturated heterocycles. The molecule has 0 unspecified atom stereocenters. The molecule has 0 atom stereocenters. The quantitative estimate of drug-likeness (QED) is 0.672. The summed E-state index contributed by atoms with van der Waals surface area (Å²) in [6.45, 7) is 2.68. The van der Waals surface area contributed by atoms with Crippen LogP contribution < -0.4 is 10.5 Å². The number of nitrogens with zero attached hydrogens (tertiary/aromatic N) is 2. The van der Waals surface area contributed by atoms with Crippen molar-refractivity contribution < 1.29 is 9.53 Å². The third-order valence-corrected chi connectivity index (χ3v) is 3.60. The van der Waals surface area contributed by atoms with Gasteiger partial charge in [-0.2, -0.15) is 5.10 Å². The van der Waals surface area contributed by atoms with Crippen molar-refractivity contribution in [1.29, 1.82) is 0 Å². The molecule has 1 heterocycles. The zero-order chi connectivity index (χ0) is 14.7. The Morgan fingerprint density at radius 2 is 2.25 bits per heavy atom. The van der Waals surface area contributed by atoms with Crippen LogP contribution >= 0.6 is 15.9 Å². The number of ether oxygens (including phenoxy) is 1. The van der Waals surface area contributed by atoms with Crippen LogP contribution in [0, 0.1) is 0 Å². The number of aromatic nitrogens is 2. The van der Waals surface area contributed by atoms with Gasteiger partial charge in [0.15, 0.2) is 11.4 Å².